The molecule has 0 unspecified atom stereocenters. The molecule has 1 rings (SSSR count). The minimum absolute atomic E-state index is 0.983. The van der Waals surface area contributed by atoms with Crippen molar-refractivity contribution in [2.75, 3.05) is 0 Å². The first-order valence-electron chi connectivity index (χ1n) is 6.04. The van der Waals surface area contributed by atoms with Gasteiger partial charge in [-0.15, -0.1) is 6.58 Å². The Labute approximate surface area is 85.4 Å². The zero-order chi connectivity index (χ0) is 10.5. The molecule has 0 bridgehead atoms. The van der Waals surface area contributed by atoms with Crippen molar-refractivity contribution in [3.05, 3.63) is 12.7 Å². The lowest BCUT2D eigenvalue weighted by molar-refractivity contribution is 0.361. The van der Waals surface area contributed by atoms with E-state index in [1.165, 1.54) is 38.5 Å². The zero-order valence-electron chi connectivity index (χ0n) is 10.1. The average Bonchev–Trinajstić information content (AvgIpc) is 2.26. The maximum Gasteiger partial charge on any atom is -0.0325 e. The van der Waals surface area contributed by atoms with E-state index in [0.29, 0.717) is 0 Å². The monoisotopic (exact) mass is 184 g/mol. The van der Waals surface area contributed by atoms with Crippen LogP contribution in [0.4, 0.5) is 0 Å². The van der Waals surface area contributed by atoms with Crippen LogP contribution in [0.2, 0.25) is 0 Å². The van der Waals surface area contributed by atoms with Gasteiger partial charge in [0.1, 0.15) is 0 Å². The van der Waals surface area contributed by atoms with Gasteiger partial charge >= 0.3 is 0 Å². The second kappa shape index (κ2) is 14.3. The van der Waals surface area contributed by atoms with Gasteiger partial charge < -0.3 is 0 Å². The van der Waals surface area contributed by atoms with Crippen molar-refractivity contribution < 1.29 is 0 Å². The van der Waals surface area contributed by atoms with Gasteiger partial charge in [0.15, 0.2) is 0 Å². The van der Waals surface area contributed by atoms with E-state index in [0.717, 1.165) is 5.92 Å². The van der Waals surface area contributed by atoms with Crippen molar-refractivity contribution in [2.45, 2.75) is 66.2 Å². The molecule has 1 saturated carbocycles. The predicted molar refractivity (Wildman–Crippen MR) is 64.1 cm³/mol. The van der Waals surface area contributed by atoms with E-state index in [9.17, 15) is 0 Å². The van der Waals surface area contributed by atoms with Gasteiger partial charge in [0, 0.05) is 0 Å². The Morgan fingerprint density at radius 3 is 1.85 bits per heavy atom. The Bertz CT molecular complexity index is 78.0. The van der Waals surface area contributed by atoms with Crippen LogP contribution < -0.4 is 0 Å². The molecule has 0 aromatic carbocycles. The summed E-state index contributed by atoms with van der Waals surface area (Å²) in [7, 11) is 0. The fourth-order valence-electron chi connectivity index (χ4n) is 1.66. The van der Waals surface area contributed by atoms with Crippen molar-refractivity contribution in [2.24, 2.45) is 5.92 Å². The van der Waals surface area contributed by atoms with Crippen molar-refractivity contribution in [1.82, 2.24) is 0 Å². The third-order valence-corrected chi connectivity index (χ3v) is 2.22. The van der Waals surface area contributed by atoms with E-state index < -0.39 is 0 Å². The Morgan fingerprint density at radius 2 is 1.46 bits per heavy atom. The quantitative estimate of drug-likeness (QED) is 0.518. The van der Waals surface area contributed by atoms with Crippen LogP contribution >= 0.6 is 0 Å². The molecule has 80 valence electrons. The molecule has 0 amide bonds. The minimum Gasteiger partial charge on any atom is -0.103 e. The fourth-order valence-corrected chi connectivity index (χ4v) is 1.66. The highest BCUT2D eigenvalue weighted by atomic mass is 14.2. The molecule has 1 aliphatic rings. The standard InChI is InChI=1S/C9H16.2C2H6/c1-2-6-9-7-4-3-5-8-9;2*1-2/h2,9H,1,3-8H2;2*1-2H3. The number of allylic oxidation sites excluding steroid dienone is 1. The fraction of sp³-hybridized carbons (Fsp3) is 0.846. The second-order valence-electron chi connectivity index (χ2n) is 3.03. The molecule has 0 N–H and O–H groups in total. The highest BCUT2D eigenvalue weighted by Crippen LogP contribution is 2.25. The summed E-state index contributed by atoms with van der Waals surface area (Å²) >= 11 is 0. The van der Waals surface area contributed by atoms with Crippen molar-refractivity contribution in [3.8, 4) is 0 Å². The van der Waals surface area contributed by atoms with Gasteiger partial charge in [0.2, 0.25) is 0 Å². The molecule has 0 radical (unpaired) electrons. The molecule has 0 aromatic rings. The SMILES string of the molecule is C=CCC1CCCCC1.CC.CC. The van der Waals surface area contributed by atoms with Gasteiger partial charge in [-0.2, -0.15) is 0 Å². The van der Waals surface area contributed by atoms with E-state index >= 15 is 0 Å². The average molecular weight is 184 g/mol. The maximum absolute atomic E-state index is 3.75. The van der Waals surface area contributed by atoms with Crippen molar-refractivity contribution >= 4 is 0 Å². The minimum atomic E-state index is 0.983. The van der Waals surface area contributed by atoms with Gasteiger partial charge in [0.05, 0.1) is 0 Å². The molecular formula is C13H28. The molecule has 1 fully saturated rings. The largest absolute Gasteiger partial charge is 0.103 e. The lowest BCUT2D eigenvalue weighted by Crippen LogP contribution is -2.04. The molecule has 0 saturated heterocycles. The number of hydrogen-bond donors (Lipinski definition) is 0. The molecule has 0 aliphatic heterocycles. The molecule has 1 aliphatic carbocycles. The molecular weight excluding hydrogens is 156 g/mol. The first-order valence-corrected chi connectivity index (χ1v) is 6.04. The van der Waals surface area contributed by atoms with E-state index in [1.54, 1.807) is 0 Å². The van der Waals surface area contributed by atoms with Crippen molar-refractivity contribution in [1.29, 1.82) is 0 Å². The van der Waals surface area contributed by atoms with Crippen LogP contribution in [0, 0.1) is 5.92 Å². The van der Waals surface area contributed by atoms with Crippen LogP contribution in [0.15, 0.2) is 12.7 Å². The summed E-state index contributed by atoms with van der Waals surface area (Å²) in [5, 5.41) is 0. The van der Waals surface area contributed by atoms with E-state index in [1.807, 2.05) is 27.7 Å². The molecule has 0 heterocycles. The number of rotatable bonds is 2. The lowest BCUT2D eigenvalue weighted by atomic mass is 9.87. The molecule has 0 heteroatoms. The summed E-state index contributed by atoms with van der Waals surface area (Å²) in [6, 6.07) is 0. The Hall–Kier alpha value is -0.260. The maximum atomic E-state index is 3.75. The second-order valence-corrected chi connectivity index (χ2v) is 3.03. The summed E-state index contributed by atoms with van der Waals surface area (Å²) in [5.41, 5.74) is 0. The van der Waals surface area contributed by atoms with E-state index in [-0.39, 0.29) is 0 Å². The Kier molecular flexibility index (Phi) is 16.7. The summed E-state index contributed by atoms with van der Waals surface area (Å²) in [6.45, 7) is 11.8. The summed E-state index contributed by atoms with van der Waals surface area (Å²) in [6.07, 6.45) is 10.6. The van der Waals surface area contributed by atoms with Crippen LogP contribution in [-0.4, -0.2) is 0 Å². The van der Waals surface area contributed by atoms with Crippen LogP contribution in [0.5, 0.6) is 0 Å². The van der Waals surface area contributed by atoms with Crippen LogP contribution in [0.1, 0.15) is 66.2 Å². The topological polar surface area (TPSA) is 0 Å². The molecule has 13 heavy (non-hydrogen) atoms. The summed E-state index contributed by atoms with van der Waals surface area (Å²) in [5.74, 6) is 0.983. The first kappa shape index (κ1) is 15.2. The molecule has 0 atom stereocenters. The molecule has 0 spiro atoms. The smallest absolute Gasteiger partial charge is 0.0325 e. The Balaban J connectivity index is 0. The molecule has 0 nitrogen and oxygen atoms in total. The van der Waals surface area contributed by atoms with Gasteiger partial charge in [0.25, 0.3) is 0 Å². The van der Waals surface area contributed by atoms with Crippen LogP contribution in [0.3, 0.4) is 0 Å². The van der Waals surface area contributed by atoms with Gasteiger partial charge in [-0.25, -0.2) is 0 Å². The van der Waals surface area contributed by atoms with Crippen LogP contribution in [0.25, 0.3) is 0 Å². The molecule has 0 aromatic heterocycles. The third kappa shape index (κ3) is 9.66. The zero-order valence-corrected chi connectivity index (χ0v) is 10.1. The van der Waals surface area contributed by atoms with Crippen LogP contribution in [-0.2, 0) is 0 Å². The van der Waals surface area contributed by atoms with E-state index in [4.69, 9.17) is 0 Å². The van der Waals surface area contributed by atoms with Gasteiger partial charge in [-0.05, 0) is 12.3 Å². The lowest BCUT2D eigenvalue weighted by Gasteiger charge is -2.19. The van der Waals surface area contributed by atoms with E-state index in [2.05, 4.69) is 12.7 Å². The summed E-state index contributed by atoms with van der Waals surface area (Å²) in [4.78, 5) is 0. The normalized spacial score (nSPS) is 16.0. The highest BCUT2D eigenvalue weighted by molar-refractivity contribution is 4.75. The van der Waals surface area contributed by atoms with Crippen molar-refractivity contribution in [3.63, 3.8) is 0 Å². The van der Waals surface area contributed by atoms with Gasteiger partial charge in [-0.3, -0.25) is 0 Å². The first-order chi connectivity index (χ1) is 6.43. The summed E-state index contributed by atoms with van der Waals surface area (Å²) < 4.78 is 0. The van der Waals surface area contributed by atoms with Gasteiger partial charge in [-0.1, -0.05) is 65.9 Å². The Morgan fingerprint density at radius 1 is 1.00 bits per heavy atom. The number of hydrogen-bond acceptors (Lipinski definition) is 0. The predicted octanol–water partition coefficient (Wildman–Crippen LogP) is 5.20. The highest BCUT2D eigenvalue weighted by Gasteiger charge is 2.10. The third-order valence-electron chi connectivity index (χ3n) is 2.22.